The second-order valence-corrected chi connectivity index (χ2v) is 12.1. The van der Waals surface area contributed by atoms with E-state index in [9.17, 15) is 27.6 Å². The first-order chi connectivity index (χ1) is 18.1. The van der Waals surface area contributed by atoms with Crippen LogP contribution >= 0.6 is 0 Å². The molecule has 3 aromatic rings. The van der Waals surface area contributed by atoms with Gasteiger partial charge in [0.15, 0.2) is 0 Å². The van der Waals surface area contributed by atoms with E-state index >= 15 is 0 Å². The summed E-state index contributed by atoms with van der Waals surface area (Å²) in [7, 11) is 0. The van der Waals surface area contributed by atoms with E-state index in [-0.39, 0.29) is 23.1 Å². The minimum atomic E-state index is -5.46. The van der Waals surface area contributed by atoms with Crippen LogP contribution in [0.4, 0.5) is 13.2 Å². The number of rotatable bonds is 7. The zero-order valence-electron chi connectivity index (χ0n) is 20.3. The molecule has 3 aromatic carbocycles. The van der Waals surface area contributed by atoms with Gasteiger partial charge in [0.25, 0.3) is 0 Å². The van der Waals surface area contributed by atoms with E-state index in [2.05, 4.69) is 0 Å². The predicted molar refractivity (Wildman–Crippen MR) is 127 cm³/mol. The van der Waals surface area contributed by atoms with Gasteiger partial charge in [0, 0.05) is 0 Å². The van der Waals surface area contributed by atoms with Crippen LogP contribution in [0.15, 0.2) is 93.9 Å². The van der Waals surface area contributed by atoms with Crippen LogP contribution in [0.3, 0.4) is 0 Å². The summed E-state index contributed by atoms with van der Waals surface area (Å²) in [5.74, 6) is -4.78. The maximum absolute atomic E-state index is 13.5. The Morgan fingerprint density at radius 1 is 0.605 bits per heavy atom. The molecule has 0 unspecified atom stereocenters. The molecule has 194 valence electrons. The molecule has 0 amide bonds. The zero-order valence-corrected chi connectivity index (χ0v) is 21.9. The second-order valence-electron chi connectivity index (χ2n) is 8.44. The van der Waals surface area contributed by atoms with Crippen LogP contribution in [0, 0.1) is 17.5 Å². The Hall–Kier alpha value is -3.95. The second kappa shape index (κ2) is 11.2. The van der Waals surface area contributed by atoms with Gasteiger partial charge < -0.3 is 0 Å². The quantitative estimate of drug-likeness (QED) is 0.308. The number of carbonyl (C=O) groups excluding carboxylic acids is 3. The van der Waals surface area contributed by atoms with Crippen molar-refractivity contribution in [2.75, 3.05) is 0 Å². The van der Waals surface area contributed by atoms with Crippen molar-refractivity contribution in [2.45, 2.75) is 20.3 Å². The molecule has 0 fully saturated rings. The van der Waals surface area contributed by atoms with Crippen LogP contribution in [-0.2, 0) is 27.7 Å². The summed E-state index contributed by atoms with van der Waals surface area (Å²) in [6.45, 7) is 3.50. The summed E-state index contributed by atoms with van der Waals surface area (Å²) < 4.78 is 58.1. The predicted octanol–water partition coefficient (Wildman–Crippen LogP) is 6.50. The maximum atomic E-state index is 13.5. The van der Waals surface area contributed by atoms with Crippen LogP contribution in [-0.4, -0.2) is 17.9 Å². The van der Waals surface area contributed by atoms with Crippen molar-refractivity contribution in [3.05, 3.63) is 128 Å². The Morgan fingerprint density at radius 2 is 0.921 bits per heavy atom. The molecule has 0 saturated carbocycles. The summed E-state index contributed by atoms with van der Waals surface area (Å²) in [6, 6.07) is 13.3. The van der Waals surface area contributed by atoms with E-state index in [0.717, 1.165) is 42.0 Å². The fourth-order valence-electron chi connectivity index (χ4n) is 3.70. The summed E-state index contributed by atoms with van der Waals surface area (Å²) in [6.07, 6.45) is 1.97. The molecular weight excluding hydrogens is 537 g/mol. The van der Waals surface area contributed by atoms with Gasteiger partial charge in [0.1, 0.15) is 0 Å². The average Bonchev–Trinajstić information content (AvgIpc) is 3.23. The molecule has 1 aliphatic rings. The van der Waals surface area contributed by atoms with Crippen LogP contribution in [0.5, 0.6) is 0 Å². The van der Waals surface area contributed by atoms with Crippen molar-refractivity contribution in [2.24, 2.45) is 0 Å². The van der Waals surface area contributed by atoms with Gasteiger partial charge >= 0.3 is 221 Å². The van der Waals surface area contributed by atoms with Crippen molar-refractivity contribution in [3.63, 3.8) is 0 Å². The zero-order chi connectivity index (χ0) is 27.4. The number of carbonyl (C=O) groups is 3. The van der Waals surface area contributed by atoms with Crippen LogP contribution in [0.25, 0.3) is 0 Å². The van der Waals surface area contributed by atoms with E-state index in [1.807, 2.05) is 0 Å². The molecule has 38 heavy (non-hydrogen) atoms. The Kier molecular flexibility index (Phi) is 7.99. The van der Waals surface area contributed by atoms with Crippen LogP contribution in [0.1, 0.15) is 51.3 Å². The average molecular weight is 558 g/mol. The number of hydrogen-bond donors (Lipinski definition) is 0. The van der Waals surface area contributed by atoms with E-state index in [1.54, 1.807) is 19.9 Å². The third kappa shape index (κ3) is 5.95. The van der Waals surface area contributed by atoms with Gasteiger partial charge in [-0.3, -0.25) is 0 Å². The molecule has 1 aliphatic carbocycles. The topological polar surface area (TPSA) is 78.9 Å². The number of allylic oxidation sites excluding steroid dienone is 4. The van der Waals surface area contributed by atoms with Gasteiger partial charge in [-0.2, -0.15) is 0 Å². The van der Waals surface area contributed by atoms with Crippen molar-refractivity contribution in [1.82, 2.24) is 0 Å². The number of hydrogen-bond acceptors (Lipinski definition) is 6. The summed E-state index contributed by atoms with van der Waals surface area (Å²) in [5.41, 5.74) is 1.19. The monoisotopic (exact) mass is 558 g/mol. The third-order valence-corrected chi connectivity index (χ3v) is 10.1. The van der Waals surface area contributed by atoms with E-state index in [0.29, 0.717) is 9.45 Å². The Morgan fingerprint density at radius 3 is 1.18 bits per heavy atom. The molecule has 0 bridgehead atoms. The summed E-state index contributed by atoms with van der Waals surface area (Å²) in [5, 5.41) is 0. The van der Waals surface area contributed by atoms with Crippen molar-refractivity contribution >= 4 is 17.9 Å². The van der Waals surface area contributed by atoms with Gasteiger partial charge in [-0.1, -0.05) is 0 Å². The van der Waals surface area contributed by atoms with Crippen molar-refractivity contribution < 1.29 is 55.3 Å². The summed E-state index contributed by atoms with van der Waals surface area (Å²) in [4.78, 5) is 39.7. The van der Waals surface area contributed by atoms with Gasteiger partial charge in [0.05, 0.1) is 0 Å². The Balaban J connectivity index is 1.81. The van der Waals surface area contributed by atoms with E-state index < -0.39 is 53.1 Å². The SMILES string of the molecule is CC1=CC[C]([Ti]([O]C(=O)c2ccc(F)cc2)([O]C(=O)c2ccc(F)cc2)[O]C(=O)c2ccc(F)cc2)=C1C. The standard InChI is InChI=1S/3C7H5FO2.C7H9.Ti/c3*8-6-3-1-5(2-4-6)7(9)10;1-6-4-3-5-7(6)2;/h3*1-4H,(H,9,10);4H,3H2,1-2H3;/q;;;;+3/p-3. The van der Waals surface area contributed by atoms with Crippen molar-refractivity contribution in [3.8, 4) is 0 Å². The number of halogens is 3. The third-order valence-electron chi connectivity index (χ3n) is 5.95. The van der Waals surface area contributed by atoms with E-state index in [1.165, 1.54) is 36.4 Å². The normalized spacial score (nSPS) is 13.1. The minimum absolute atomic E-state index is 0.0713. The molecule has 0 heterocycles. The van der Waals surface area contributed by atoms with Gasteiger partial charge in [-0.15, -0.1) is 0 Å². The van der Waals surface area contributed by atoms with Crippen LogP contribution in [0.2, 0.25) is 0 Å². The molecule has 0 radical (unpaired) electrons. The van der Waals surface area contributed by atoms with Crippen LogP contribution < -0.4 is 0 Å². The van der Waals surface area contributed by atoms with Gasteiger partial charge in [-0.05, 0) is 0 Å². The molecule has 10 heteroatoms. The first kappa shape index (κ1) is 27.1. The summed E-state index contributed by atoms with van der Waals surface area (Å²) >= 11 is -5.46. The van der Waals surface area contributed by atoms with Gasteiger partial charge in [0.2, 0.25) is 0 Å². The Labute approximate surface area is 221 Å². The molecule has 4 rings (SSSR count). The van der Waals surface area contributed by atoms with Gasteiger partial charge in [-0.25, -0.2) is 0 Å². The molecule has 6 nitrogen and oxygen atoms in total. The fraction of sp³-hybridized carbons (Fsp3) is 0.107. The Bertz CT molecular complexity index is 1300. The first-order valence-corrected chi connectivity index (χ1v) is 14.1. The molecular formula is C28H21F3O6Ti. The first-order valence-electron chi connectivity index (χ1n) is 11.4. The molecule has 0 aliphatic heterocycles. The molecule has 0 spiro atoms. The molecule has 0 aromatic heterocycles. The fourth-order valence-corrected chi connectivity index (χ4v) is 7.74. The van der Waals surface area contributed by atoms with E-state index in [4.69, 9.17) is 9.96 Å². The number of benzene rings is 3. The van der Waals surface area contributed by atoms with Crippen molar-refractivity contribution in [1.29, 1.82) is 0 Å². The molecule has 0 atom stereocenters. The molecule has 0 N–H and O–H groups in total. The molecule has 0 saturated heterocycles.